The van der Waals surface area contributed by atoms with Gasteiger partial charge < -0.3 is 10.1 Å². The number of halogens is 1. The summed E-state index contributed by atoms with van der Waals surface area (Å²) in [6.45, 7) is 0. The number of nitrogens with zero attached hydrogens (tertiary/aromatic N) is 1. The summed E-state index contributed by atoms with van der Waals surface area (Å²) >= 11 is 6.08. The zero-order valence-corrected chi connectivity index (χ0v) is 18.1. The Bertz CT molecular complexity index is 1170. The van der Waals surface area contributed by atoms with Gasteiger partial charge >= 0.3 is 0 Å². The number of para-hydroxylation sites is 1. The number of imide groups is 1. The van der Waals surface area contributed by atoms with Gasteiger partial charge in [-0.15, -0.1) is 0 Å². The van der Waals surface area contributed by atoms with E-state index in [1.54, 1.807) is 42.5 Å². The molecule has 2 saturated carbocycles. The van der Waals surface area contributed by atoms with Gasteiger partial charge in [-0.3, -0.25) is 14.4 Å². The Hall–Kier alpha value is -3.12. The number of carbonyl (C=O) groups excluding carboxylic acids is 3. The number of anilines is 2. The van der Waals surface area contributed by atoms with E-state index in [9.17, 15) is 14.4 Å². The molecule has 0 aromatic heterocycles. The van der Waals surface area contributed by atoms with Crippen LogP contribution in [0.25, 0.3) is 0 Å². The Morgan fingerprint density at radius 1 is 1.03 bits per heavy atom. The van der Waals surface area contributed by atoms with Crippen LogP contribution in [0.1, 0.15) is 16.8 Å². The van der Waals surface area contributed by atoms with Gasteiger partial charge in [0.2, 0.25) is 11.8 Å². The lowest BCUT2D eigenvalue weighted by Crippen LogP contribution is -2.40. The van der Waals surface area contributed by atoms with Crippen LogP contribution in [0.4, 0.5) is 11.4 Å². The molecule has 4 aliphatic carbocycles. The largest absolute Gasteiger partial charge is 0.495 e. The second-order valence-corrected chi connectivity index (χ2v) is 9.42. The third-order valence-corrected chi connectivity index (χ3v) is 7.70. The number of amides is 3. The molecule has 6 atom stereocenters. The molecule has 2 aromatic rings. The minimum Gasteiger partial charge on any atom is -0.495 e. The van der Waals surface area contributed by atoms with Crippen LogP contribution >= 0.6 is 11.6 Å². The van der Waals surface area contributed by atoms with Gasteiger partial charge in [0.25, 0.3) is 5.91 Å². The highest BCUT2D eigenvalue weighted by molar-refractivity contribution is 6.31. The quantitative estimate of drug-likeness (QED) is 0.563. The van der Waals surface area contributed by atoms with E-state index in [0.29, 0.717) is 34.0 Å². The highest BCUT2D eigenvalue weighted by atomic mass is 35.5. The van der Waals surface area contributed by atoms with Crippen molar-refractivity contribution in [3.8, 4) is 5.75 Å². The summed E-state index contributed by atoms with van der Waals surface area (Å²) in [5, 5.41) is 3.26. The molecule has 6 nitrogen and oxygen atoms in total. The Morgan fingerprint density at radius 2 is 1.69 bits per heavy atom. The molecule has 7 heteroatoms. The Morgan fingerprint density at radius 3 is 2.34 bits per heavy atom. The monoisotopic (exact) mass is 448 g/mol. The smallest absolute Gasteiger partial charge is 0.257 e. The van der Waals surface area contributed by atoms with E-state index in [1.807, 2.05) is 0 Å². The van der Waals surface area contributed by atoms with E-state index in [0.717, 1.165) is 6.42 Å². The van der Waals surface area contributed by atoms with E-state index in [4.69, 9.17) is 16.3 Å². The standard InChI is InChI=1S/C25H21ClN2O4/c1-32-20-9-6-12(26)10-18(20)27-23(29)15-4-2-3-5-19(15)28-24(30)21-13-7-8-14(17-11-16(13)17)22(21)25(28)31/h2-10,13-14,16-17,21-22H,11H2,1H3,(H,27,29)/t13-,14-,16-,17+,21-,22+/m0/s1. The van der Waals surface area contributed by atoms with Crippen molar-refractivity contribution >= 4 is 40.7 Å². The van der Waals surface area contributed by atoms with Gasteiger partial charge in [-0.2, -0.15) is 0 Å². The number of hydrogen-bond acceptors (Lipinski definition) is 4. The molecule has 2 bridgehead atoms. The average Bonchev–Trinajstić information content (AvgIpc) is 3.57. The normalized spacial score (nSPS) is 31.4. The lowest BCUT2D eigenvalue weighted by atomic mass is 9.63. The summed E-state index contributed by atoms with van der Waals surface area (Å²) in [5.41, 5.74) is 0.985. The van der Waals surface area contributed by atoms with Crippen LogP contribution in [0, 0.1) is 35.5 Å². The van der Waals surface area contributed by atoms with E-state index in [2.05, 4.69) is 17.5 Å². The molecule has 3 amide bonds. The molecular formula is C25H21ClN2O4. The molecule has 1 heterocycles. The molecule has 0 unspecified atom stereocenters. The minimum atomic E-state index is -0.444. The zero-order valence-electron chi connectivity index (χ0n) is 17.3. The highest BCUT2D eigenvalue weighted by Crippen LogP contribution is 2.65. The highest BCUT2D eigenvalue weighted by Gasteiger charge is 2.67. The van der Waals surface area contributed by atoms with Crippen LogP contribution in [0.3, 0.4) is 0 Å². The van der Waals surface area contributed by atoms with Gasteiger partial charge in [-0.25, -0.2) is 4.90 Å². The Balaban J connectivity index is 1.35. The lowest BCUT2D eigenvalue weighted by molar-refractivity contribution is -0.124. The SMILES string of the molecule is COc1ccc(Cl)cc1NC(=O)c1ccccc1N1C(=O)[C@@H]2[C@H]3C=C[C@@H]([C@@H]4C[C@H]34)[C@@H]2C1=O. The maximum Gasteiger partial charge on any atom is 0.257 e. The van der Waals surface area contributed by atoms with E-state index in [1.165, 1.54) is 12.0 Å². The van der Waals surface area contributed by atoms with Crippen molar-refractivity contribution < 1.29 is 19.1 Å². The van der Waals surface area contributed by atoms with E-state index in [-0.39, 0.29) is 41.0 Å². The van der Waals surface area contributed by atoms with Gasteiger partial charge in [-0.1, -0.05) is 35.9 Å². The summed E-state index contributed by atoms with van der Waals surface area (Å²) in [5.74, 6) is 0.322. The molecule has 0 spiro atoms. The average molecular weight is 449 g/mol. The summed E-state index contributed by atoms with van der Waals surface area (Å²) in [6.07, 6.45) is 5.38. The van der Waals surface area contributed by atoms with Crippen molar-refractivity contribution in [3.05, 3.63) is 65.2 Å². The minimum absolute atomic E-state index is 0.133. The van der Waals surface area contributed by atoms with E-state index < -0.39 is 5.91 Å². The lowest BCUT2D eigenvalue weighted by Gasteiger charge is -2.37. The summed E-state index contributed by atoms with van der Waals surface area (Å²) in [6, 6.07) is 11.7. The molecule has 7 rings (SSSR count). The second-order valence-electron chi connectivity index (χ2n) is 8.98. The molecule has 1 saturated heterocycles. The molecule has 5 aliphatic rings. The molecule has 1 aliphatic heterocycles. The fraction of sp³-hybridized carbons (Fsp3) is 0.320. The second kappa shape index (κ2) is 6.94. The first-order chi connectivity index (χ1) is 15.5. The predicted molar refractivity (Wildman–Crippen MR) is 120 cm³/mol. The Kier molecular flexibility index (Phi) is 4.24. The van der Waals surface area contributed by atoms with Crippen molar-refractivity contribution in [2.45, 2.75) is 6.42 Å². The van der Waals surface area contributed by atoms with Crippen molar-refractivity contribution in [1.29, 1.82) is 0 Å². The van der Waals surface area contributed by atoms with Crippen molar-refractivity contribution in [3.63, 3.8) is 0 Å². The number of rotatable bonds is 4. The molecule has 0 radical (unpaired) electrons. The number of carbonyl (C=O) groups is 3. The van der Waals surface area contributed by atoms with Crippen molar-refractivity contribution in [1.82, 2.24) is 0 Å². The summed E-state index contributed by atoms with van der Waals surface area (Å²) < 4.78 is 5.31. The summed E-state index contributed by atoms with van der Waals surface area (Å²) in [4.78, 5) is 41.4. The van der Waals surface area contributed by atoms with Crippen molar-refractivity contribution in [2.75, 3.05) is 17.3 Å². The number of allylic oxidation sites excluding steroid dienone is 2. The number of methoxy groups -OCH3 is 1. The van der Waals surface area contributed by atoms with Gasteiger partial charge in [-0.05, 0) is 60.4 Å². The van der Waals surface area contributed by atoms with Crippen LogP contribution in [0.5, 0.6) is 5.75 Å². The third-order valence-electron chi connectivity index (χ3n) is 7.46. The number of benzene rings is 2. The van der Waals surface area contributed by atoms with Gasteiger partial charge in [0.05, 0.1) is 35.9 Å². The first-order valence-electron chi connectivity index (χ1n) is 10.8. The summed E-state index contributed by atoms with van der Waals surface area (Å²) in [7, 11) is 1.50. The van der Waals surface area contributed by atoms with Gasteiger partial charge in [0, 0.05) is 5.02 Å². The number of hydrogen-bond donors (Lipinski definition) is 1. The number of ether oxygens (including phenoxy) is 1. The predicted octanol–water partition coefficient (Wildman–Crippen LogP) is 4.16. The fourth-order valence-electron chi connectivity index (χ4n) is 6.02. The van der Waals surface area contributed by atoms with Crippen LogP contribution in [0.2, 0.25) is 5.02 Å². The third kappa shape index (κ3) is 2.69. The maximum atomic E-state index is 13.5. The van der Waals surface area contributed by atoms with Crippen molar-refractivity contribution in [2.24, 2.45) is 35.5 Å². The maximum absolute atomic E-state index is 13.5. The van der Waals surface area contributed by atoms with Gasteiger partial charge in [0.15, 0.2) is 0 Å². The van der Waals surface area contributed by atoms with Crippen LogP contribution < -0.4 is 15.0 Å². The molecule has 1 N–H and O–H groups in total. The molecule has 32 heavy (non-hydrogen) atoms. The molecule has 2 aromatic carbocycles. The fourth-order valence-corrected chi connectivity index (χ4v) is 6.19. The van der Waals surface area contributed by atoms with Crippen LogP contribution in [-0.2, 0) is 9.59 Å². The molecular weight excluding hydrogens is 428 g/mol. The first kappa shape index (κ1) is 19.6. The van der Waals surface area contributed by atoms with Crippen LogP contribution in [0.15, 0.2) is 54.6 Å². The molecule has 3 fully saturated rings. The van der Waals surface area contributed by atoms with Crippen LogP contribution in [-0.4, -0.2) is 24.8 Å². The van der Waals surface area contributed by atoms with Gasteiger partial charge in [0.1, 0.15) is 5.75 Å². The van der Waals surface area contributed by atoms with E-state index >= 15 is 0 Å². The Labute approximate surface area is 190 Å². The number of nitrogens with one attached hydrogen (secondary N) is 1. The molecule has 162 valence electrons. The first-order valence-corrected chi connectivity index (χ1v) is 11.2. The zero-order chi connectivity index (χ0) is 22.1. The topological polar surface area (TPSA) is 75.7 Å².